The molecule has 2 rings (SSSR count). The highest BCUT2D eigenvalue weighted by Gasteiger charge is 2.12. The second-order valence-electron chi connectivity index (χ2n) is 5.04. The fourth-order valence-corrected chi connectivity index (χ4v) is 3.09. The van der Waals surface area contributed by atoms with E-state index in [1.165, 1.54) is 5.56 Å². The summed E-state index contributed by atoms with van der Waals surface area (Å²) in [6.07, 6.45) is 2.90. The molecule has 0 saturated heterocycles. The summed E-state index contributed by atoms with van der Waals surface area (Å²) in [6.45, 7) is 0. The van der Waals surface area contributed by atoms with Crippen LogP contribution in [0.4, 0.5) is 0 Å². The van der Waals surface area contributed by atoms with E-state index in [4.69, 9.17) is 11.6 Å². The topological polar surface area (TPSA) is 23.8 Å². The van der Waals surface area contributed by atoms with Gasteiger partial charge in [-0.25, -0.2) is 0 Å². The first kappa shape index (κ1) is 16.1. The lowest BCUT2D eigenvalue weighted by molar-refractivity contribution is 0.640. The standard InChI is InChI=1S/C18H17BrClN/c19-18(15-9-11-17(20)12-10-15)8-4-7-16(13-21)14-5-2-1-3-6-14/h1-3,5-6,9-12,16,18H,4,7-8H2. The molecule has 2 atom stereocenters. The smallest absolute Gasteiger partial charge is 0.0712 e. The molecule has 3 heteroatoms. The maximum Gasteiger partial charge on any atom is 0.0712 e. The van der Waals surface area contributed by atoms with Gasteiger partial charge in [0, 0.05) is 9.85 Å². The molecule has 0 aliphatic heterocycles. The zero-order valence-electron chi connectivity index (χ0n) is 11.7. The van der Waals surface area contributed by atoms with Crippen molar-refractivity contribution in [2.75, 3.05) is 0 Å². The van der Waals surface area contributed by atoms with Crippen molar-refractivity contribution >= 4 is 27.5 Å². The van der Waals surface area contributed by atoms with Crippen molar-refractivity contribution in [3.63, 3.8) is 0 Å². The monoisotopic (exact) mass is 361 g/mol. The fourth-order valence-electron chi connectivity index (χ4n) is 2.33. The predicted octanol–water partition coefficient (Wildman–Crippen LogP) is 6.25. The molecular weight excluding hydrogens is 346 g/mol. The van der Waals surface area contributed by atoms with E-state index in [-0.39, 0.29) is 5.92 Å². The van der Waals surface area contributed by atoms with Gasteiger partial charge in [0.15, 0.2) is 0 Å². The van der Waals surface area contributed by atoms with Crippen LogP contribution in [-0.2, 0) is 0 Å². The lowest BCUT2D eigenvalue weighted by Crippen LogP contribution is -1.97. The number of halogens is 2. The molecule has 0 aromatic heterocycles. The number of hydrogen-bond donors (Lipinski definition) is 0. The molecule has 2 aromatic rings. The predicted molar refractivity (Wildman–Crippen MR) is 91.8 cm³/mol. The van der Waals surface area contributed by atoms with Gasteiger partial charge in [-0.15, -0.1) is 0 Å². The number of hydrogen-bond acceptors (Lipinski definition) is 1. The van der Waals surface area contributed by atoms with Gasteiger partial charge in [0.1, 0.15) is 0 Å². The van der Waals surface area contributed by atoms with Crippen molar-refractivity contribution in [1.82, 2.24) is 0 Å². The molecule has 0 bridgehead atoms. The number of rotatable bonds is 6. The summed E-state index contributed by atoms with van der Waals surface area (Å²) >= 11 is 9.61. The number of alkyl halides is 1. The molecule has 0 aliphatic rings. The summed E-state index contributed by atoms with van der Waals surface area (Å²) in [5, 5.41) is 10.1. The number of benzene rings is 2. The minimum atomic E-state index is -0.0175. The van der Waals surface area contributed by atoms with Gasteiger partial charge < -0.3 is 0 Å². The molecule has 0 saturated carbocycles. The SMILES string of the molecule is N#CC(CCCC(Br)c1ccc(Cl)cc1)c1ccccc1. The van der Waals surface area contributed by atoms with E-state index in [9.17, 15) is 5.26 Å². The largest absolute Gasteiger partial charge is 0.198 e. The number of nitriles is 1. The lowest BCUT2D eigenvalue weighted by Gasteiger charge is -2.13. The molecule has 21 heavy (non-hydrogen) atoms. The van der Waals surface area contributed by atoms with E-state index < -0.39 is 0 Å². The summed E-state index contributed by atoms with van der Waals surface area (Å²) in [5.74, 6) is -0.0175. The Bertz CT molecular complexity index is 589. The first-order valence-corrected chi connectivity index (χ1v) is 8.34. The van der Waals surface area contributed by atoms with Crippen LogP contribution in [-0.4, -0.2) is 0 Å². The fraction of sp³-hybridized carbons (Fsp3) is 0.278. The molecule has 108 valence electrons. The van der Waals surface area contributed by atoms with E-state index >= 15 is 0 Å². The van der Waals surface area contributed by atoms with E-state index in [2.05, 4.69) is 22.0 Å². The second kappa shape index (κ2) is 8.22. The van der Waals surface area contributed by atoms with Crippen LogP contribution in [0.15, 0.2) is 54.6 Å². The van der Waals surface area contributed by atoms with Gasteiger partial charge in [0.05, 0.1) is 12.0 Å². The maximum absolute atomic E-state index is 9.32. The third-order valence-corrected chi connectivity index (χ3v) is 4.78. The van der Waals surface area contributed by atoms with Crippen LogP contribution in [0.25, 0.3) is 0 Å². The van der Waals surface area contributed by atoms with Crippen molar-refractivity contribution < 1.29 is 0 Å². The number of nitrogens with zero attached hydrogens (tertiary/aromatic N) is 1. The third-order valence-electron chi connectivity index (χ3n) is 3.54. The van der Waals surface area contributed by atoms with Crippen molar-refractivity contribution in [2.24, 2.45) is 0 Å². The molecule has 1 nitrogen and oxygen atoms in total. The second-order valence-corrected chi connectivity index (χ2v) is 6.58. The molecule has 2 aromatic carbocycles. The van der Waals surface area contributed by atoms with Crippen molar-refractivity contribution in [3.8, 4) is 6.07 Å². The Hall–Kier alpha value is -1.30. The molecule has 0 N–H and O–H groups in total. The van der Waals surface area contributed by atoms with E-state index in [0.29, 0.717) is 4.83 Å². The van der Waals surface area contributed by atoms with E-state index in [1.807, 2.05) is 54.6 Å². The molecule has 0 aliphatic carbocycles. The Morgan fingerprint density at radius 1 is 0.952 bits per heavy atom. The molecule has 0 heterocycles. The molecule has 0 amide bonds. The quantitative estimate of drug-likeness (QED) is 0.557. The highest BCUT2D eigenvalue weighted by molar-refractivity contribution is 9.09. The van der Waals surface area contributed by atoms with Crippen LogP contribution >= 0.6 is 27.5 Å². The van der Waals surface area contributed by atoms with Gasteiger partial charge in [0.2, 0.25) is 0 Å². The van der Waals surface area contributed by atoms with Crippen molar-refractivity contribution in [3.05, 3.63) is 70.7 Å². The van der Waals surface area contributed by atoms with Gasteiger partial charge >= 0.3 is 0 Å². The van der Waals surface area contributed by atoms with Gasteiger partial charge in [-0.3, -0.25) is 0 Å². The van der Waals surface area contributed by atoms with Crippen molar-refractivity contribution in [2.45, 2.75) is 30.0 Å². The third kappa shape index (κ3) is 4.88. The van der Waals surface area contributed by atoms with Crippen LogP contribution in [0.5, 0.6) is 0 Å². The maximum atomic E-state index is 9.32. The average molecular weight is 363 g/mol. The summed E-state index contributed by atoms with van der Waals surface area (Å²) in [4.78, 5) is 0.310. The van der Waals surface area contributed by atoms with Crippen LogP contribution in [0.3, 0.4) is 0 Å². The summed E-state index contributed by atoms with van der Waals surface area (Å²) in [5.41, 5.74) is 2.34. The first-order chi connectivity index (χ1) is 10.2. The van der Waals surface area contributed by atoms with E-state index in [0.717, 1.165) is 29.8 Å². The van der Waals surface area contributed by atoms with Crippen molar-refractivity contribution in [1.29, 1.82) is 5.26 Å². The Morgan fingerprint density at radius 2 is 1.62 bits per heavy atom. The molecule has 0 radical (unpaired) electrons. The lowest BCUT2D eigenvalue weighted by atomic mass is 9.94. The minimum Gasteiger partial charge on any atom is -0.198 e. The zero-order chi connectivity index (χ0) is 15.1. The van der Waals surface area contributed by atoms with Gasteiger partial charge in [0.25, 0.3) is 0 Å². The summed E-state index contributed by atoms with van der Waals surface area (Å²) in [7, 11) is 0. The van der Waals surface area contributed by atoms with Crippen LogP contribution in [0.2, 0.25) is 5.02 Å². The van der Waals surface area contributed by atoms with Crippen LogP contribution < -0.4 is 0 Å². The average Bonchev–Trinajstić information content (AvgIpc) is 2.53. The molecule has 0 spiro atoms. The highest BCUT2D eigenvalue weighted by atomic mass is 79.9. The highest BCUT2D eigenvalue weighted by Crippen LogP contribution is 2.31. The summed E-state index contributed by atoms with van der Waals surface area (Å²) in [6, 6.07) is 20.3. The van der Waals surface area contributed by atoms with Gasteiger partial charge in [-0.2, -0.15) is 5.26 Å². The minimum absolute atomic E-state index is 0.0175. The summed E-state index contributed by atoms with van der Waals surface area (Å²) < 4.78 is 0. The van der Waals surface area contributed by atoms with E-state index in [1.54, 1.807) is 0 Å². The normalized spacial score (nSPS) is 13.4. The van der Waals surface area contributed by atoms with Gasteiger partial charge in [-0.1, -0.05) is 76.4 Å². The Kier molecular flexibility index (Phi) is 6.29. The first-order valence-electron chi connectivity index (χ1n) is 7.05. The van der Waals surface area contributed by atoms with Crippen LogP contribution in [0, 0.1) is 11.3 Å². The molecule has 2 unspecified atom stereocenters. The Morgan fingerprint density at radius 3 is 2.24 bits per heavy atom. The van der Waals surface area contributed by atoms with Gasteiger partial charge in [-0.05, 0) is 36.1 Å². The Balaban J connectivity index is 1.86. The van der Waals surface area contributed by atoms with Crippen LogP contribution in [0.1, 0.15) is 41.1 Å². The molecule has 0 fully saturated rings. The zero-order valence-corrected chi connectivity index (χ0v) is 14.0. The molecular formula is C18H17BrClN. The Labute approximate surface area is 139 Å².